The van der Waals surface area contributed by atoms with E-state index in [0.717, 1.165) is 18.5 Å². The smallest absolute Gasteiger partial charge is 0.234 e. The second-order valence-electron chi connectivity index (χ2n) is 4.73. The zero-order valence-corrected chi connectivity index (χ0v) is 11.9. The quantitative estimate of drug-likeness (QED) is 0.715. The molecule has 2 N–H and O–H groups in total. The monoisotopic (exact) mass is 282 g/mol. The van der Waals surface area contributed by atoms with Crippen LogP contribution in [0.15, 0.2) is 24.3 Å². The molecule has 0 heterocycles. The molecule has 0 saturated carbocycles. The van der Waals surface area contributed by atoms with Crippen LogP contribution in [0.4, 0.5) is 4.39 Å². The summed E-state index contributed by atoms with van der Waals surface area (Å²) in [7, 11) is 0. The Labute approximate surface area is 119 Å². The first-order valence-corrected chi connectivity index (χ1v) is 7.00. The van der Waals surface area contributed by atoms with Crippen molar-refractivity contribution in [3.8, 4) is 0 Å². The minimum absolute atomic E-state index is 0.0472. The summed E-state index contributed by atoms with van der Waals surface area (Å²) in [5, 5.41) is 11.8. The summed E-state index contributed by atoms with van der Waals surface area (Å²) < 4.78 is 12.7. The van der Waals surface area contributed by atoms with E-state index in [1.807, 2.05) is 11.8 Å². The summed E-state index contributed by atoms with van der Waals surface area (Å²) in [5.74, 6) is -0.300. The third-order valence-electron chi connectivity index (χ3n) is 2.97. The minimum Gasteiger partial charge on any atom is -0.395 e. The second kappa shape index (κ2) is 9.44. The van der Waals surface area contributed by atoms with Gasteiger partial charge in [-0.15, -0.1) is 0 Å². The molecule has 0 aliphatic heterocycles. The van der Waals surface area contributed by atoms with Crippen molar-refractivity contribution < 1.29 is 14.3 Å². The highest BCUT2D eigenvalue weighted by Crippen LogP contribution is 2.02. The number of nitrogens with zero attached hydrogens (tertiary/aromatic N) is 1. The highest BCUT2D eigenvalue weighted by Gasteiger charge is 2.08. The van der Waals surface area contributed by atoms with E-state index in [-0.39, 0.29) is 18.3 Å². The maximum absolute atomic E-state index is 12.7. The van der Waals surface area contributed by atoms with E-state index < -0.39 is 0 Å². The van der Waals surface area contributed by atoms with Gasteiger partial charge in [0, 0.05) is 13.1 Å². The Balaban J connectivity index is 2.26. The van der Waals surface area contributed by atoms with Gasteiger partial charge in [-0.2, -0.15) is 0 Å². The predicted molar refractivity (Wildman–Crippen MR) is 76.9 cm³/mol. The Kier molecular flexibility index (Phi) is 7.84. The standard InChI is InChI=1S/C15H23FN2O2/c1-2-9-18(10-11-19)12-15(20)17-8-7-13-3-5-14(16)6-4-13/h3-6,19H,2,7-12H2,1H3,(H,17,20). The highest BCUT2D eigenvalue weighted by molar-refractivity contribution is 5.78. The molecule has 20 heavy (non-hydrogen) atoms. The lowest BCUT2D eigenvalue weighted by Gasteiger charge is -2.19. The van der Waals surface area contributed by atoms with Crippen LogP contribution in [0.25, 0.3) is 0 Å². The van der Waals surface area contributed by atoms with Gasteiger partial charge in [0.1, 0.15) is 5.82 Å². The van der Waals surface area contributed by atoms with E-state index in [0.29, 0.717) is 26.1 Å². The van der Waals surface area contributed by atoms with Gasteiger partial charge < -0.3 is 10.4 Å². The Bertz CT molecular complexity index is 389. The molecule has 5 heteroatoms. The molecule has 0 saturated heterocycles. The molecule has 0 radical (unpaired) electrons. The molecule has 0 aliphatic rings. The summed E-state index contributed by atoms with van der Waals surface area (Å²) in [4.78, 5) is 13.7. The number of benzene rings is 1. The number of halogens is 1. The maximum Gasteiger partial charge on any atom is 0.234 e. The topological polar surface area (TPSA) is 52.6 Å². The van der Waals surface area contributed by atoms with Gasteiger partial charge in [0.15, 0.2) is 0 Å². The molecule has 0 spiro atoms. The molecular weight excluding hydrogens is 259 g/mol. The van der Waals surface area contributed by atoms with E-state index >= 15 is 0 Å². The van der Waals surface area contributed by atoms with Crippen LogP contribution in [-0.4, -0.2) is 48.7 Å². The van der Waals surface area contributed by atoms with Gasteiger partial charge in [-0.25, -0.2) is 4.39 Å². The fraction of sp³-hybridized carbons (Fsp3) is 0.533. The average Bonchev–Trinajstić information content (AvgIpc) is 2.41. The first-order chi connectivity index (χ1) is 9.65. The first-order valence-electron chi connectivity index (χ1n) is 7.00. The van der Waals surface area contributed by atoms with E-state index in [4.69, 9.17) is 5.11 Å². The van der Waals surface area contributed by atoms with Gasteiger partial charge in [-0.05, 0) is 37.1 Å². The molecule has 0 atom stereocenters. The molecule has 112 valence electrons. The van der Waals surface area contributed by atoms with Gasteiger partial charge in [0.2, 0.25) is 5.91 Å². The molecule has 0 unspecified atom stereocenters. The number of nitrogens with one attached hydrogen (secondary N) is 1. The van der Waals surface area contributed by atoms with Crippen molar-refractivity contribution >= 4 is 5.91 Å². The predicted octanol–water partition coefficient (Wildman–Crippen LogP) is 1.19. The largest absolute Gasteiger partial charge is 0.395 e. The van der Waals surface area contributed by atoms with E-state index in [2.05, 4.69) is 5.32 Å². The highest BCUT2D eigenvalue weighted by atomic mass is 19.1. The number of carbonyl (C=O) groups excluding carboxylic acids is 1. The Morgan fingerprint density at radius 1 is 1.30 bits per heavy atom. The third-order valence-corrected chi connectivity index (χ3v) is 2.97. The van der Waals surface area contributed by atoms with E-state index in [9.17, 15) is 9.18 Å². The first kappa shape index (κ1) is 16.6. The number of hydrogen-bond acceptors (Lipinski definition) is 3. The summed E-state index contributed by atoms with van der Waals surface area (Å²) in [6, 6.07) is 6.27. The zero-order valence-electron chi connectivity index (χ0n) is 11.9. The molecule has 0 fully saturated rings. The molecule has 1 aromatic carbocycles. The van der Waals surface area contributed by atoms with E-state index in [1.165, 1.54) is 12.1 Å². The van der Waals surface area contributed by atoms with Gasteiger partial charge in [0.05, 0.1) is 13.2 Å². The van der Waals surface area contributed by atoms with Crippen LogP contribution in [0.3, 0.4) is 0 Å². The lowest BCUT2D eigenvalue weighted by atomic mass is 10.1. The molecule has 0 aromatic heterocycles. The number of aliphatic hydroxyl groups is 1. The van der Waals surface area contributed by atoms with Crippen LogP contribution in [0.1, 0.15) is 18.9 Å². The fourth-order valence-corrected chi connectivity index (χ4v) is 1.98. The molecule has 4 nitrogen and oxygen atoms in total. The summed E-state index contributed by atoms with van der Waals surface area (Å²) in [5.41, 5.74) is 0.993. The molecule has 0 bridgehead atoms. The fourth-order valence-electron chi connectivity index (χ4n) is 1.98. The summed E-state index contributed by atoms with van der Waals surface area (Å²) in [6.45, 7) is 4.24. The lowest BCUT2D eigenvalue weighted by Crippen LogP contribution is -2.39. The molecule has 1 rings (SSSR count). The summed E-state index contributed by atoms with van der Waals surface area (Å²) in [6.07, 6.45) is 1.63. The van der Waals surface area contributed by atoms with Crippen LogP contribution in [-0.2, 0) is 11.2 Å². The van der Waals surface area contributed by atoms with Crippen LogP contribution >= 0.6 is 0 Å². The average molecular weight is 282 g/mol. The van der Waals surface area contributed by atoms with Crippen molar-refractivity contribution in [2.75, 3.05) is 32.8 Å². The van der Waals surface area contributed by atoms with Crippen molar-refractivity contribution in [3.63, 3.8) is 0 Å². The third kappa shape index (κ3) is 6.63. The van der Waals surface area contributed by atoms with Crippen LogP contribution in [0.5, 0.6) is 0 Å². The van der Waals surface area contributed by atoms with E-state index in [1.54, 1.807) is 12.1 Å². The molecular formula is C15H23FN2O2. The van der Waals surface area contributed by atoms with Crippen molar-refractivity contribution in [3.05, 3.63) is 35.6 Å². The number of carbonyl (C=O) groups is 1. The second-order valence-corrected chi connectivity index (χ2v) is 4.73. The molecule has 1 aromatic rings. The molecule has 0 aliphatic carbocycles. The van der Waals surface area contributed by atoms with Gasteiger partial charge >= 0.3 is 0 Å². The Morgan fingerprint density at radius 2 is 2.00 bits per heavy atom. The maximum atomic E-state index is 12.7. The van der Waals surface area contributed by atoms with Gasteiger partial charge in [-0.1, -0.05) is 19.1 Å². The Morgan fingerprint density at radius 3 is 2.60 bits per heavy atom. The van der Waals surface area contributed by atoms with Crippen LogP contribution in [0, 0.1) is 5.82 Å². The number of aliphatic hydroxyl groups excluding tert-OH is 1. The molecule has 1 amide bonds. The van der Waals surface area contributed by atoms with Crippen LogP contribution < -0.4 is 5.32 Å². The summed E-state index contributed by atoms with van der Waals surface area (Å²) >= 11 is 0. The van der Waals surface area contributed by atoms with Crippen molar-refractivity contribution in [1.29, 1.82) is 0 Å². The van der Waals surface area contributed by atoms with Crippen molar-refractivity contribution in [2.24, 2.45) is 0 Å². The van der Waals surface area contributed by atoms with Crippen molar-refractivity contribution in [1.82, 2.24) is 10.2 Å². The number of amides is 1. The Hall–Kier alpha value is -1.46. The van der Waals surface area contributed by atoms with Gasteiger partial charge in [-0.3, -0.25) is 9.69 Å². The van der Waals surface area contributed by atoms with Crippen LogP contribution in [0.2, 0.25) is 0 Å². The van der Waals surface area contributed by atoms with Gasteiger partial charge in [0.25, 0.3) is 0 Å². The minimum atomic E-state index is -0.253. The SMILES string of the molecule is CCCN(CCO)CC(=O)NCCc1ccc(F)cc1. The zero-order chi connectivity index (χ0) is 14.8. The van der Waals surface area contributed by atoms with Crippen molar-refractivity contribution in [2.45, 2.75) is 19.8 Å². The normalized spacial score (nSPS) is 10.8. The number of rotatable bonds is 9. The lowest BCUT2D eigenvalue weighted by molar-refractivity contribution is -0.122. The number of hydrogen-bond donors (Lipinski definition) is 2.